The maximum Gasteiger partial charge on any atom is 0.418 e. The molecule has 2 aromatic heterocycles. The van der Waals surface area contributed by atoms with Crippen LogP contribution in [0.5, 0.6) is 5.75 Å². The second kappa shape index (κ2) is 7.21. The number of hydrogen-bond acceptors (Lipinski definition) is 5. The minimum Gasteiger partial charge on any atom is -0.491 e. The van der Waals surface area contributed by atoms with Crippen molar-refractivity contribution in [3.63, 3.8) is 0 Å². The summed E-state index contributed by atoms with van der Waals surface area (Å²) < 4.78 is 45.8. The number of alkyl halides is 3. The lowest BCUT2D eigenvalue weighted by atomic mass is 10.1. The normalized spacial score (nSPS) is 13.4. The molecule has 3 aromatic rings. The summed E-state index contributed by atoms with van der Waals surface area (Å²) in [6, 6.07) is 6.67. The summed E-state index contributed by atoms with van der Waals surface area (Å²) in [5.41, 5.74) is 0.940. The largest absolute Gasteiger partial charge is 0.491 e. The Hall–Kier alpha value is -2.97. The number of aromatic amines is 1. The van der Waals surface area contributed by atoms with E-state index in [0.29, 0.717) is 24.6 Å². The van der Waals surface area contributed by atoms with E-state index >= 15 is 0 Å². The van der Waals surface area contributed by atoms with Gasteiger partial charge in [-0.25, -0.2) is 0 Å². The van der Waals surface area contributed by atoms with Crippen LogP contribution in [0.1, 0.15) is 30.9 Å². The number of aromatic nitrogens is 3. The molecule has 0 saturated carbocycles. The molecule has 1 radical (unpaired) electrons. The molecule has 9 heteroatoms. The van der Waals surface area contributed by atoms with Crippen molar-refractivity contribution in [3.8, 4) is 5.75 Å². The first-order valence-electron chi connectivity index (χ1n) is 9.11. The van der Waals surface area contributed by atoms with Gasteiger partial charge in [-0.3, -0.25) is 0 Å². The number of hydrogen-bond donors (Lipinski definition) is 3. The predicted molar refractivity (Wildman–Crippen MR) is 100 cm³/mol. The molecule has 3 N–H and O–H groups in total. The Morgan fingerprint density at radius 1 is 1.32 bits per heavy atom. The molecule has 0 saturated heterocycles. The summed E-state index contributed by atoms with van der Waals surface area (Å²) in [5, 5.41) is 6.03. The molecule has 0 aliphatic carbocycles. The van der Waals surface area contributed by atoms with Crippen molar-refractivity contribution >= 4 is 28.5 Å². The smallest absolute Gasteiger partial charge is 0.418 e. The van der Waals surface area contributed by atoms with Crippen LogP contribution in [0.4, 0.5) is 30.6 Å². The maximum atomic E-state index is 13.4. The van der Waals surface area contributed by atoms with Crippen molar-refractivity contribution < 1.29 is 17.9 Å². The number of unbranched alkanes of at least 4 members (excludes halogenated alkanes) is 1. The Morgan fingerprint density at radius 2 is 2.18 bits per heavy atom. The lowest BCUT2D eigenvalue weighted by molar-refractivity contribution is -0.136. The zero-order valence-corrected chi connectivity index (χ0v) is 15.2. The third-order valence-electron chi connectivity index (χ3n) is 4.53. The fraction of sp³-hybridized carbons (Fsp3) is 0.368. The van der Waals surface area contributed by atoms with Crippen LogP contribution < -0.4 is 15.4 Å². The van der Waals surface area contributed by atoms with Crippen LogP contribution in [0, 0.1) is 6.07 Å². The van der Waals surface area contributed by atoms with Gasteiger partial charge in [0.1, 0.15) is 17.2 Å². The van der Waals surface area contributed by atoms with Crippen LogP contribution in [0.2, 0.25) is 0 Å². The zero-order valence-electron chi connectivity index (χ0n) is 15.2. The molecular formula is C19H19F3N5O. The number of ether oxygens (including phenoxy) is 1. The Bertz CT molecular complexity index is 999. The van der Waals surface area contributed by atoms with Crippen molar-refractivity contribution in [1.82, 2.24) is 15.0 Å². The van der Waals surface area contributed by atoms with E-state index in [4.69, 9.17) is 4.74 Å². The van der Waals surface area contributed by atoms with E-state index in [9.17, 15) is 13.2 Å². The molecule has 0 bridgehead atoms. The Balaban J connectivity index is 1.75. The highest BCUT2D eigenvalue weighted by molar-refractivity contribution is 5.92. The lowest BCUT2D eigenvalue weighted by Crippen LogP contribution is -2.10. The van der Waals surface area contributed by atoms with Gasteiger partial charge in [0.2, 0.25) is 5.95 Å². The minimum atomic E-state index is -4.50. The molecule has 0 unspecified atom stereocenters. The van der Waals surface area contributed by atoms with Gasteiger partial charge in [0, 0.05) is 24.7 Å². The topological polar surface area (TPSA) is 74.9 Å². The molecule has 0 fully saturated rings. The lowest BCUT2D eigenvalue weighted by Gasteiger charge is -2.13. The van der Waals surface area contributed by atoms with E-state index < -0.39 is 11.7 Å². The van der Waals surface area contributed by atoms with E-state index in [1.54, 1.807) is 12.1 Å². The standard InChI is InChI=1S/C19H19F3N5O/c1-2-3-8-23-16-14-12(19(20,21)22)10-24-17(14)27-18(26-16)25-13-6-4-5-11-7-9-28-15(11)13/h4,6,10H,2-3,7-9H2,1H3,(H3,23,24,25,26,27). The average Bonchev–Trinajstić information content (AvgIpc) is 3.28. The first-order valence-corrected chi connectivity index (χ1v) is 9.11. The van der Waals surface area contributed by atoms with E-state index in [1.807, 2.05) is 6.92 Å². The highest BCUT2D eigenvalue weighted by Crippen LogP contribution is 2.39. The van der Waals surface area contributed by atoms with Gasteiger partial charge in [0.05, 0.1) is 23.2 Å². The van der Waals surface area contributed by atoms with Crippen molar-refractivity contribution in [3.05, 3.63) is 35.5 Å². The molecule has 147 valence electrons. The molecule has 28 heavy (non-hydrogen) atoms. The van der Waals surface area contributed by atoms with Crippen LogP contribution in [-0.2, 0) is 12.6 Å². The van der Waals surface area contributed by atoms with Crippen molar-refractivity contribution in [2.24, 2.45) is 0 Å². The number of anilines is 3. The Morgan fingerprint density at radius 3 is 2.96 bits per heavy atom. The summed E-state index contributed by atoms with van der Waals surface area (Å²) in [7, 11) is 0. The first-order chi connectivity index (χ1) is 13.5. The van der Waals surface area contributed by atoms with Crippen LogP contribution in [0.25, 0.3) is 11.0 Å². The molecule has 0 atom stereocenters. The van der Waals surface area contributed by atoms with Crippen molar-refractivity contribution in [2.45, 2.75) is 32.4 Å². The number of rotatable bonds is 6. The van der Waals surface area contributed by atoms with Gasteiger partial charge in [-0.1, -0.05) is 19.4 Å². The molecule has 0 amide bonds. The van der Waals surface area contributed by atoms with Gasteiger partial charge in [-0.15, -0.1) is 0 Å². The highest BCUT2D eigenvalue weighted by atomic mass is 19.4. The number of H-pyrrole nitrogens is 1. The SMILES string of the molecule is CCCCNc1nc(Nc2cc[c]c3c2OCC3)nc2[nH]cc(C(F)(F)F)c12. The molecule has 6 nitrogen and oxygen atoms in total. The summed E-state index contributed by atoms with van der Waals surface area (Å²) >= 11 is 0. The zero-order chi connectivity index (χ0) is 19.7. The van der Waals surface area contributed by atoms with Crippen molar-refractivity contribution in [1.29, 1.82) is 0 Å². The fourth-order valence-electron chi connectivity index (χ4n) is 3.18. The molecule has 3 heterocycles. The predicted octanol–water partition coefficient (Wildman–Crippen LogP) is 4.67. The highest BCUT2D eigenvalue weighted by Gasteiger charge is 2.35. The summed E-state index contributed by atoms with van der Waals surface area (Å²) in [4.78, 5) is 11.2. The quantitative estimate of drug-likeness (QED) is 0.534. The van der Waals surface area contributed by atoms with Gasteiger partial charge in [-0.2, -0.15) is 23.1 Å². The van der Waals surface area contributed by atoms with Crippen LogP contribution in [0.15, 0.2) is 18.3 Å². The van der Waals surface area contributed by atoms with E-state index in [0.717, 1.165) is 31.0 Å². The summed E-state index contributed by atoms with van der Waals surface area (Å²) in [6.45, 7) is 3.10. The van der Waals surface area contributed by atoms with E-state index in [-0.39, 0.29) is 22.8 Å². The van der Waals surface area contributed by atoms with Crippen LogP contribution >= 0.6 is 0 Å². The molecule has 1 aliphatic rings. The second-order valence-electron chi connectivity index (χ2n) is 6.52. The van der Waals surface area contributed by atoms with Crippen molar-refractivity contribution in [2.75, 3.05) is 23.8 Å². The number of nitrogens with one attached hydrogen (secondary N) is 3. The van der Waals surface area contributed by atoms with Gasteiger partial charge < -0.3 is 20.4 Å². The molecule has 1 aliphatic heterocycles. The monoisotopic (exact) mass is 390 g/mol. The van der Waals surface area contributed by atoms with Crippen LogP contribution in [-0.4, -0.2) is 28.1 Å². The van der Waals surface area contributed by atoms with Gasteiger partial charge in [0.15, 0.2) is 0 Å². The summed E-state index contributed by atoms with van der Waals surface area (Å²) in [5.74, 6) is 1.01. The van der Waals surface area contributed by atoms with Gasteiger partial charge in [0.25, 0.3) is 0 Å². The fourth-order valence-corrected chi connectivity index (χ4v) is 3.18. The number of fused-ring (bicyclic) bond motifs is 2. The average molecular weight is 390 g/mol. The third-order valence-corrected chi connectivity index (χ3v) is 4.53. The first kappa shape index (κ1) is 18.4. The third kappa shape index (κ3) is 3.44. The molecular weight excluding hydrogens is 371 g/mol. The number of benzene rings is 1. The molecule has 4 rings (SSSR count). The number of halogens is 3. The Kier molecular flexibility index (Phi) is 4.74. The number of nitrogens with zero attached hydrogens (tertiary/aromatic N) is 2. The Labute approximate surface area is 159 Å². The van der Waals surface area contributed by atoms with Gasteiger partial charge in [-0.05, 0) is 18.6 Å². The second-order valence-corrected chi connectivity index (χ2v) is 6.52. The minimum absolute atomic E-state index is 0.0583. The van der Waals surface area contributed by atoms with Crippen LogP contribution in [0.3, 0.4) is 0 Å². The van der Waals surface area contributed by atoms with Gasteiger partial charge >= 0.3 is 6.18 Å². The molecule has 1 aromatic carbocycles. The summed E-state index contributed by atoms with van der Waals surface area (Å²) in [6.07, 6.45) is -1.08. The molecule has 0 spiro atoms. The van der Waals surface area contributed by atoms with E-state index in [1.165, 1.54) is 0 Å². The maximum absolute atomic E-state index is 13.4. The van der Waals surface area contributed by atoms with E-state index in [2.05, 4.69) is 31.7 Å².